The third-order valence-electron chi connectivity index (χ3n) is 4.93. The van der Waals surface area contributed by atoms with Gasteiger partial charge in [-0.15, -0.1) is 0 Å². The molecule has 1 N–H and O–H groups in total. The topological polar surface area (TPSA) is 28.2 Å². The van der Waals surface area contributed by atoms with E-state index in [0.717, 1.165) is 49.1 Å². The molecule has 2 aromatic carbocycles. The summed E-state index contributed by atoms with van der Waals surface area (Å²) in [5, 5.41) is 5.82. The number of hydrogen-bond acceptors (Lipinski definition) is 3. The minimum Gasteiger partial charge on any atom is -0.315 e. The number of halogens is 2. The molecule has 3 nitrogen and oxygen atoms in total. The highest BCUT2D eigenvalue weighted by Gasteiger charge is 2.24. The number of pyridine rings is 1. The second-order valence-electron chi connectivity index (χ2n) is 6.68. The first-order valence-corrected chi connectivity index (χ1v) is 9.72. The molecule has 1 unspecified atom stereocenters. The van der Waals surface area contributed by atoms with Gasteiger partial charge in [-0.25, -0.2) is 0 Å². The average molecular weight is 386 g/mol. The van der Waals surface area contributed by atoms with Crippen molar-refractivity contribution in [1.29, 1.82) is 0 Å². The molecular weight excluding hydrogens is 365 g/mol. The Morgan fingerprint density at radius 1 is 0.923 bits per heavy atom. The Morgan fingerprint density at radius 2 is 1.81 bits per heavy atom. The molecule has 2 heterocycles. The summed E-state index contributed by atoms with van der Waals surface area (Å²) in [5.41, 5.74) is 3.35. The van der Waals surface area contributed by atoms with E-state index in [9.17, 15) is 0 Å². The largest absolute Gasteiger partial charge is 0.315 e. The fraction of sp³-hybridized carbons (Fsp3) is 0.286. The number of nitrogens with zero attached hydrogens (tertiary/aromatic N) is 2. The lowest BCUT2D eigenvalue weighted by atomic mass is 9.97. The van der Waals surface area contributed by atoms with Gasteiger partial charge in [0.2, 0.25) is 0 Å². The third-order valence-corrected chi connectivity index (χ3v) is 5.67. The fourth-order valence-electron chi connectivity index (χ4n) is 3.66. The first-order valence-electron chi connectivity index (χ1n) is 8.97. The number of hydrogen-bond donors (Lipinski definition) is 1. The number of fused-ring (bicyclic) bond motifs is 1. The van der Waals surface area contributed by atoms with Crippen LogP contribution in [0.15, 0.2) is 54.7 Å². The quantitative estimate of drug-likeness (QED) is 0.692. The first-order chi connectivity index (χ1) is 12.7. The van der Waals surface area contributed by atoms with E-state index < -0.39 is 0 Å². The number of nitrogens with one attached hydrogen (secondary N) is 1. The zero-order valence-electron chi connectivity index (χ0n) is 14.5. The molecule has 0 aliphatic carbocycles. The summed E-state index contributed by atoms with van der Waals surface area (Å²) in [7, 11) is 0. The van der Waals surface area contributed by atoms with E-state index in [-0.39, 0.29) is 6.04 Å². The Labute approximate surface area is 163 Å². The van der Waals surface area contributed by atoms with Gasteiger partial charge in [-0.05, 0) is 48.4 Å². The zero-order valence-corrected chi connectivity index (χ0v) is 16.0. The molecule has 0 bridgehead atoms. The van der Waals surface area contributed by atoms with E-state index >= 15 is 0 Å². The number of rotatable bonds is 3. The lowest BCUT2D eigenvalue weighted by Crippen LogP contribution is -2.33. The molecule has 1 saturated heterocycles. The van der Waals surface area contributed by atoms with Crippen molar-refractivity contribution in [2.24, 2.45) is 0 Å². The molecule has 26 heavy (non-hydrogen) atoms. The summed E-state index contributed by atoms with van der Waals surface area (Å²) in [6.45, 7) is 4.06. The van der Waals surface area contributed by atoms with E-state index in [1.54, 1.807) is 0 Å². The van der Waals surface area contributed by atoms with Gasteiger partial charge in [-0.2, -0.15) is 0 Å². The van der Waals surface area contributed by atoms with Crippen LogP contribution in [0.2, 0.25) is 10.0 Å². The van der Waals surface area contributed by atoms with Crippen molar-refractivity contribution in [2.75, 3.05) is 26.2 Å². The number of benzene rings is 2. The minimum atomic E-state index is 0.113. The average Bonchev–Trinajstić information content (AvgIpc) is 2.94. The molecule has 1 aliphatic rings. The number of para-hydroxylation sites is 1. The van der Waals surface area contributed by atoms with Gasteiger partial charge in [0.05, 0.1) is 21.6 Å². The predicted molar refractivity (Wildman–Crippen MR) is 109 cm³/mol. The lowest BCUT2D eigenvalue weighted by molar-refractivity contribution is 0.241. The molecule has 0 saturated carbocycles. The molecule has 0 amide bonds. The maximum Gasteiger partial charge on any atom is 0.0702 e. The summed E-state index contributed by atoms with van der Waals surface area (Å²) < 4.78 is 0. The Morgan fingerprint density at radius 3 is 2.69 bits per heavy atom. The fourth-order valence-corrected chi connectivity index (χ4v) is 3.97. The van der Waals surface area contributed by atoms with Crippen molar-refractivity contribution < 1.29 is 0 Å². The summed E-state index contributed by atoms with van der Waals surface area (Å²) in [5.74, 6) is 0. The minimum absolute atomic E-state index is 0.113. The first kappa shape index (κ1) is 17.7. The molecule has 1 aliphatic heterocycles. The van der Waals surface area contributed by atoms with Crippen molar-refractivity contribution >= 4 is 34.1 Å². The Hall–Kier alpha value is -1.65. The van der Waals surface area contributed by atoms with E-state index in [2.05, 4.69) is 39.5 Å². The van der Waals surface area contributed by atoms with Gasteiger partial charge in [0.25, 0.3) is 0 Å². The molecule has 0 spiro atoms. The number of aromatic nitrogens is 1. The molecular formula is C21H21Cl2N3. The second kappa shape index (κ2) is 7.93. The van der Waals surface area contributed by atoms with Crippen LogP contribution in [0.3, 0.4) is 0 Å². The summed E-state index contributed by atoms with van der Waals surface area (Å²) in [6.07, 6.45) is 3.12. The molecule has 1 atom stereocenters. The van der Waals surface area contributed by atoms with Gasteiger partial charge in [0.15, 0.2) is 0 Å². The zero-order chi connectivity index (χ0) is 17.9. The monoisotopic (exact) mass is 385 g/mol. The SMILES string of the molecule is Clc1ccc(C(c2cnc3ccccc3c2)N2CCCNCC2)cc1Cl. The van der Waals surface area contributed by atoms with Crippen LogP contribution >= 0.6 is 23.2 Å². The van der Waals surface area contributed by atoms with Gasteiger partial charge in [-0.1, -0.05) is 47.5 Å². The van der Waals surface area contributed by atoms with Crippen LogP contribution in [-0.4, -0.2) is 36.1 Å². The van der Waals surface area contributed by atoms with Crippen LogP contribution in [-0.2, 0) is 0 Å². The van der Waals surface area contributed by atoms with Gasteiger partial charge < -0.3 is 5.32 Å². The van der Waals surface area contributed by atoms with Crippen LogP contribution < -0.4 is 5.32 Å². The van der Waals surface area contributed by atoms with Crippen LogP contribution in [0, 0.1) is 0 Å². The van der Waals surface area contributed by atoms with Crippen molar-refractivity contribution in [3.63, 3.8) is 0 Å². The molecule has 134 valence electrons. The van der Waals surface area contributed by atoms with Crippen LogP contribution in [0.5, 0.6) is 0 Å². The second-order valence-corrected chi connectivity index (χ2v) is 7.49. The van der Waals surface area contributed by atoms with Crippen molar-refractivity contribution in [1.82, 2.24) is 15.2 Å². The molecule has 5 heteroatoms. The Balaban J connectivity index is 1.81. The van der Waals surface area contributed by atoms with Gasteiger partial charge in [0.1, 0.15) is 0 Å². The Bertz CT molecular complexity index is 905. The van der Waals surface area contributed by atoms with Gasteiger partial charge in [-0.3, -0.25) is 9.88 Å². The van der Waals surface area contributed by atoms with Crippen LogP contribution in [0.25, 0.3) is 10.9 Å². The maximum absolute atomic E-state index is 6.33. The van der Waals surface area contributed by atoms with Crippen LogP contribution in [0.4, 0.5) is 0 Å². The molecule has 1 fully saturated rings. The maximum atomic E-state index is 6.33. The summed E-state index contributed by atoms with van der Waals surface area (Å²) >= 11 is 12.5. The highest BCUT2D eigenvalue weighted by atomic mass is 35.5. The highest BCUT2D eigenvalue weighted by molar-refractivity contribution is 6.42. The third kappa shape index (κ3) is 3.72. The predicted octanol–water partition coefficient (Wildman–Crippen LogP) is 4.93. The van der Waals surface area contributed by atoms with E-state index in [1.165, 1.54) is 5.56 Å². The molecule has 0 radical (unpaired) electrons. The van der Waals surface area contributed by atoms with Gasteiger partial charge in [0, 0.05) is 31.2 Å². The standard InChI is InChI=1S/C21H21Cl2N3/c22-18-7-6-16(13-19(18)23)21(26-10-3-8-24-9-11-26)17-12-15-4-1-2-5-20(15)25-14-17/h1-2,4-7,12-14,21,24H,3,8-11H2. The van der Waals surface area contributed by atoms with Crippen LogP contribution in [0.1, 0.15) is 23.6 Å². The van der Waals surface area contributed by atoms with E-state index in [1.807, 2.05) is 30.5 Å². The highest BCUT2D eigenvalue weighted by Crippen LogP contribution is 2.34. The molecule has 1 aromatic heterocycles. The van der Waals surface area contributed by atoms with Crippen molar-refractivity contribution in [2.45, 2.75) is 12.5 Å². The van der Waals surface area contributed by atoms with E-state index in [0.29, 0.717) is 10.0 Å². The molecule has 4 rings (SSSR count). The van der Waals surface area contributed by atoms with Gasteiger partial charge >= 0.3 is 0 Å². The van der Waals surface area contributed by atoms with Crippen molar-refractivity contribution in [3.05, 3.63) is 75.9 Å². The van der Waals surface area contributed by atoms with E-state index in [4.69, 9.17) is 23.2 Å². The summed E-state index contributed by atoms with van der Waals surface area (Å²) in [4.78, 5) is 7.19. The molecule has 3 aromatic rings. The normalized spacial score (nSPS) is 17.2. The van der Waals surface area contributed by atoms with Crippen molar-refractivity contribution in [3.8, 4) is 0 Å². The smallest absolute Gasteiger partial charge is 0.0702 e. The summed E-state index contributed by atoms with van der Waals surface area (Å²) in [6, 6.07) is 16.5. The lowest BCUT2D eigenvalue weighted by Gasteiger charge is -2.31. The Kier molecular flexibility index (Phi) is 5.41.